The molecule has 3 nitrogen and oxygen atoms in total. The SMILES string of the molecule is C.CC(C)C1C(=S)OC(=S)N1C.CC(C)C1C(=S)SC(=S)N1C. The molecule has 2 heterocycles. The second-order valence-corrected chi connectivity index (χ2v) is 9.10. The second-order valence-electron chi connectivity index (χ2n) is 5.97. The number of thioether (sulfide) groups is 1. The average Bonchev–Trinajstić information content (AvgIpc) is 2.77. The van der Waals surface area contributed by atoms with Crippen molar-refractivity contribution >= 4 is 79.4 Å². The van der Waals surface area contributed by atoms with Crippen molar-refractivity contribution in [3.05, 3.63) is 0 Å². The molecule has 2 aliphatic heterocycles. The largest absolute Gasteiger partial charge is 0.422 e. The lowest BCUT2D eigenvalue weighted by atomic mass is 10.1. The fourth-order valence-electron chi connectivity index (χ4n) is 2.42. The smallest absolute Gasteiger partial charge is 0.265 e. The summed E-state index contributed by atoms with van der Waals surface area (Å²) in [6, 6.07) is 0.542. The van der Waals surface area contributed by atoms with Crippen LogP contribution in [0.5, 0.6) is 0 Å². The normalized spacial score (nSPS) is 24.0. The average molecular weight is 411 g/mol. The van der Waals surface area contributed by atoms with Gasteiger partial charge in [-0.2, -0.15) is 0 Å². The molecule has 0 aromatic rings. The lowest BCUT2D eigenvalue weighted by molar-refractivity contribution is 0.380. The van der Waals surface area contributed by atoms with Crippen LogP contribution < -0.4 is 0 Å². The molecular formula is C15H26N2OS5. The van der Waals surface area contributed by atoms with Crippen LogP contribution >= 0.6 is 60.6 Å². The summed E-state index contributed by atoms with van der Waals surface area (Å²) in [5.41, 5.74) is 0. The predicted molar refractivity (Wildman–Crippen MR) is 119 cm³/mol. The van der Waals surface area contributed by atoms with Gasteiger partial charge in [-0.25, -0.2) is 0 Å². The topological polar surface area (TPSA) is 15.7 Å². The Morgan fingerprint density at radius 3 is 1.57 bits per heavy atom. The van der Waals surface area contributed by atoms with Gasteiger partial charge in [0, 0.05) is 14.1 Å². The Morgan fingerprint density at radius 2 is 1.39 bits per heavy atom. The monoisotopic (exact) mass is 410 g/mol. The zero-order valence-corrected chi connectivity index (χ0v) is 17.7. The van der Waals surface area contributed by atoms with Crippen molar-refractivity contribution in [2.45, 2.75) is 47.2 Å². The maximum atomic E-state index is 5.20. The zero-order chi connectivity index (χ0) is 17.2. The third kappa shape index (κ3) is 5.56. The Kier molecular flexibility index (Phi) is 9.60. The minimum absolute atomic E-state index is 0. The van der Waals surface area contributed by atoms with Crippen molar-refractivity contribution in [1.29, 1.82) is 0 Å². The van der Waals surface area contributed by atoms with Gasteiger partial charge in [-0.3, -0.25) is 0 Å². The molecule has 2 atom stereocenters. The van der Waals surface area contributed by atoms with Crippen molar-refractivity contribution in [1.82, 2.24) is 9.80 Å². The van der Waals surface area contributed by atoms with Crippen LogP contribution in [0.1, 0.15) is 35.1 Å². The zero-order valence-electron chi connectivity index (χ0n) is 13.7. The van der Waals surface area contributed by atoms with E-state index in [0.29, 0.717) is 28.1 Å². The third-order valence-electron chi connectivity index (χ3n) is 3.53. The van der Waals surface area contributed by atoms with Crippen LogP contribution in [-0.2, 0) is 4.74 Å². The summed E-state index contributed by atoms with van der Waals surface area (Å²) < 4.78 is 7.07. The molecule has 0 saturated carbocycles. The molecule has 0 aliphatic carbocycles. The van der Waals surface area contributed by atoms with Gasteiger partial charge in [0.15, 0.2) is 5.05 Å². The molecule has 2 rings (SSSR count). The first kappa shape index (κ1) is 23.1. The van der Waals surface area contributed by atoms with E-state index in [1.165, 1.54) is 0 Å². The van der Waals surface area contributed by atoms with Crippen LogP contribution in [0.3, 0.4) is 0 Å². The number of rotatable bonds is 2. The van der Waals surface area contributed by atoms with Gasteiger partial charge in [-0.1, -0.05) is 71.3 Å². The first-order valence-electron chi connectivity index (χ1n) is 7.04. The van der Waals surface area contributed by atoms with E-state index in [0.717, 1.165) is 8.52 Å². The number of likely N-dealkylation sites (N-methyl/N-ethyl adjacent to an activating group) is 1. The van der Waals surface area contributed by atoms with E-state index >= 15 is 0 Å². The Hall–Kier alpha value is 0.110. The van der Waals surface area contributed by atoms with E-state index in [4.69, 9.17) is 53.6 Å². The predicted octanol–water partition coefficient (Wildman–Crippen LogP) is 4.52. The molecule has 2 saturated heterocycles. The van der Waals surface area contributed by atoms with Crippen LogP contribution in [0.25, 0.3) is 0 Å². The van der Waals surface area contributed by atoms with E-state index in [1.54, 1.807) is 11.8 Å². The van der Waals surface area contributed by atoms with Crippen LogP contribution in [0.15, 0.2) is 0 Å². The standard InChI is InChI=1S/C7H11NOS2.C7H11NS3.CH4/c1-4(2)5-6(10)9-7(11)8(5)3;1-4(2)5-6(9)11-7(10)8(5)3;/h2*4-5H,1-3H3;1H4. The Bertz CT molecular complexity index is 448. The van der Waals surface area contributed by atoms with Gasteiger partial charge in [0.05, 0.1) is 10.2 Å². The minimum atomic E-state index is 0. The van der Waals surface area contributed by atoms with E-state index in [1.807, 2.05) is 19.0 Å². The fourth-order valence-corrected chi connectivity index (χ4v) is 5.37. The number of nitrogens with zero attached hydrogens (tertiary/aromatic N) is 2. The van der Waals surface area contributed by atoms with E-state index in [2.05, 4.69) is 32.6 Å². The molecule has 0 amide bonds. The first-order chi connectivity index (χ1) is 10.1. The van der Waals surface area contributed by atoms with Gasteiger partial charge >= 0.3 is 0 Å². The summed E-state index contributed by atoms with van der Waals surface area (Å²) >= 11 is 21.8. The number of hydrogen-bond donors (Lipinski definition) is 0. The molecule has 0 radical (unpaired) electrons. The molecule has 0 N–H and O–H groups in total. The fraction of sp³-hybridized carbons (Fsp3) is 0.733. The molecule has 2 aliphatic rings. The molecule has 2 unspecified atom stereocenters. The summed E-state index contributed by atoms with van der Waals surface area (Å²) in [5, 5.41) is 1.10. The van der Waals surface area contributed by atoms with Gasteiger partial charge in [-0.15, -0.1) is 0 Å². The van der Waals surface area contributed by atoms with Crippen LogP contribution in [0, 0.1) is 11.8 Å². The Labute approximate surface area is 166 Å². The lowest BCUT2D eigenvalue weighted by Gasteiger charge is -2.23. The maximum absolute atomic E-state index is 5.20. The highest BCUT2D eigenvalue weighted by atomic mass is 32.2. The minimum Gasteiger partial charge on any atom is -0.422 e. The third-order valence-corrected chi connectivity index (χ3v) is 6.16. The molecule has 8 heteroatoms. The van der Waals surface area contributed by atoms with Gasteiger partial charge < -0.3 is 14.5 Å². The van der Waals surface area contributed by atoms with Crippen molar-refractivity contribution < 1.29 is 4.74 Å². The number of ether oxygens (including phenoxy) is 1. The van der Waals surface area contributed by atoms with Crippen LogP contribution in [0.4, 0.5) is 0 Å². The second kappa shape index (κ2) is 9.56. The lowest BCUT2D eigenvalue weighted by Crippen LogP contribution is -2.34. The molecular weight excluding hydrogens is 385 g/mol. The van der Waals surface area contributed by atoms with Gasteiger partial charge in [0.25, 0.3) is 5.17 Å². The molecule has 23 heavy (non-hydrogen) atoms. The molecule has 0 aromatic heterocycles. The molecule has 0 aromatic carbocycles. The van der Waals surface area contributed by atoms with Crippen LogP contribution in [0.2, 0.25) is 0 Å². The summed E-state index contributed by atoms with van der Waals surface area (Å²) in [7, 11) is 3.92. The summed E-state index contributed by atoms with van der Waals surface area (Å²) in [4.78, 5) is 4.00. The first-order valence-corrected chi connectivity index (χ1v) is 9.49. The molecule has 2 fully saturated rings. The Morgan fingerprint density at radius 1 is 0.913 bits per heavy atom. The van der Waals surface area contributed by atoms with Crippen molar-refractivity contribution in [3.63, 3.8) is 0 Å². The quantitative estimate of drug-likeness (QED) is 0.610. The van der Waals surface area contributed by atoms with Crippen molar-refractivity contribution in [3.8, 4) is 0 Å². The van der Waals surface area contributed by atoms with E-state index in [9.17, 15) is 0 Å². The van der Waals surface area contributed by atoms with Crippen molar-refractivity contribution in [2.24, 2.45) is 11.8 Å². The van der Waals surface area contributed by atoms with E-state index in [-0.39, 0.29) is 13.5 Å². The van der Waals surface area contributed by atoms with Gasteiger partial charge in [-0.05, 0) is 36.3 Å². The van der Waals surface area contributed by atoms with Gasteiger partial charge in [0.1, 0.15) is 10.4 Å². The highest BCUT2D eigenvalue weighted by Crippen LogP contribution is 2.29. The van der Waals surface area contributed by atoms with Gasteiger partial charge in [0.2, 0.25) is 0 Å². The van der Waals surface area contributed by atoms with Crippen LogP contribution in [-0.4, -0.2) is 54.7 Å². The summed E-state index contributed by atoms with van der Waals surface area (Å²) in [6.07, 6.45) is 0. The summed E-state index contributed by atoms with van der Waals surface area (Å²) in [6.45, 7) is 8.54. The molecule has 0 bridgehead atoms. The number of hydrogen-bond acceptors (Lipinski definition) is 6. The molecule has 0 spiro atoms. The van der Waals surface area contributed by atoms with E-state index < -0.39 is 0 Å². The maximum Gasteiger partial charge on any atom is 0.265 e. The highest BCUT2D eigenvalue weighted by molar-refractivity contribution is 8.38. The highest BCUT2D eigenvalue weighted by Gasteiger charge is 2.34. The summed E-state index contributed by atoms with van der Waals surface area (Å²) in [5.74, 6) is 1.01. The molecule has 132 valence electrons. The number of thiocarbonyl (C=S) groups is 4. The van der Waals surface area contributed by atoms with Crippen molar-refractivity contribution in [2.75, 3.05) is 14.1 Å². The Balaban J connectivity index is 0.000000403.